The van der Waals surface area contributed by atoms with E-state index in [-0.39, 0.29) is 24.0 Å². The van der Waals surface area contributed by atoms with Crippen LogP contribution in [0.5, 0.6) is 23.0 Å². The summed E-state index contributed by atoms with van der Waals surface area (Å²) in [4.78, 5) is 0. The first kappa shape index (κ1) is 31.0. The van der Waals surface area contributed by atoms with E-state index < -0.39 is 6.10 Å². The van der Waals surface area contributed by atoms with Crippen molar-refractivity contribution in [3.8, 4) is 23.0 Å². The van der Waals surface area contributed by atoms with Crippen LogP contribution in [0.2, 0.25) is 0 Å². The van der Waals surface area contributed by atoms with Crippen molar-refractivity contribution < 1.29 is 24.1 Å². The average molecular weight is 569 g/mol. The molecule has 0 aliphatic heterocycles. The van der Waals surface area contributed by atoms with E-state index in [2.05, 4.69) is 83.1 Å². The Morgan fingerprint density at radius 2 is 0.833 bits per heavy atom. The van der Waals surface area contributed by atoms with Crippen LogP contribution in [0.1, 0.15) is 63.3 Å². The van der Waals surface area contributed by atoms with Crippen molar-refractivity contribution in [2.24, 2.45) is 0 Å². The van der Waals surface area contributed by atoms with Crippen molar-refractivity contribution in [2.75, 3.05) is 26.9 Å². The van der Waals surface area contributed by atoms with Crippen molar-refractivity contribution >= 4 is 0 Å². The van der Waals surface area contributed by atoms with Gasteiger partial charge in [-0.1, -0.05) is 83.1 Å². The molecule has 0 aromatic heterocycles. The summed E-state index contributed by atoms with van der Waals surface area (Å²) in [6.45, 7) is 11.9. The van der Waals surface area contributed by atoms with Gasteiger partial charge in [-0.15, -0.1) is 0 Å². The van der Waals surface area contributed by atoms with Gasteiger partial charge in [0.25, 0.3) is 0 Å². The fourth-order valence-corrected chi connectivity index (χ4v) is 4.90. The SMILES string of the molecule is CCCOc1ccc(C(C)(C)c2ccc(OCC(O)COc3ccc(C(C)(C)c4ccc(OC)cc4)cc3)cc2)cc1. The lowest BCUT2D eigenvalue weighted by Gasteiger charge is -2.26. The quantitative estimate of drug-likeness (QED) is 0.167. The molecule has 0 saturated heterocycles. The normalized spacial score (nSPS) is 12.5. The molecule has 0 heterocycles. The summed E-state index contributed by atoms with van der Waals surface area (Å²) in [7, 11) is 1.67. The van der Waals surface area contributed by atoms with Gasteiger partial charge in [0.15, 0.2) is 0 Å². The number of aliphatic hydroxyl groups excluding tert-OH is 1. The number of rotatable bonds is 14. The molecule has 1 N–H and O–H groups in total. The summed E-state index contributed by atoms with van der Waals surface area (Å²) >= 11 is 0. The summed E-state index contributed by atoms with van der Waals surface area (Å²) in [6.07, 6.45) is 0.232. The van der Waals surface area contributed by atoms with Gasteiger partial charge in [-0.05, 0) is 77.2 Å². The Bertz CT molecular complexity index is 1370. The second kappa shape index (κ2) is 13.8. The van der Waals surface area contributed by atoms with E-state index in [4.69, 9.17) is 18.9 Å². The molecule has 0 spiro atoms. The van der Waals surface area contributed by atoms with Gasteiger partial charge in [-0.3, -0.25) is 0 Å². The summed E-state index contributed by atoms with van der Waals surface area (Å²) in [5, 5.41) is 10.5. The molecule has 0 fully saturated rings. The van der Waals surface area contributed by atoms with Gasteiger partial charge in [-0.25, -0.2) is 0 Å². The molecule has 0 aliphatic carbocycles. The highest BCUT2D eigenvalue weighted by Gasteiger charge is 2.24. The smallest absolute Gasteiger partial charge is 0.122 e. The Kier molecular flexibility index (Phi) is 10.2. The van der Waals surface area contributed by atoms with Crippen LogP contribution in [0, 0.1) is 0 Å². The summed E-state index contributed by atoms with van der Waals surface area (Å²) < 4.78 is 22.7. The molecule has 4 rings (SSSR count). The van der Waals surface area contributed by atoms with Gasteiger partial charge in [0.05, 0.1) is 13.7 Å². The maximum atomic E-state index is 10.5. The fourth-order valence-electron chi connectivity index (χ4n) is 4.90. The van der Waals surface area contributed by atoms with Crippen LogP contribution in [-0.2, 0) is 10.8 Å². The van der Waals surface area contributed by atoms with E-state index in [9.17, 15) is 5.11 Å². The maximum Gasteiger partial charge on any atom is 0.122 e. The third-order valence-electron chi connectivity index (χ3n) is 7.90. The number of methoxy groups -OCH3 is 1. The van der Waals surface area contributed by atoms with Crippen LogP contribution in [0.25, 0.3) is 0 Å². The van der Waals surface area contributed by atoms with Crippen LogP contribution >= 0.6 is 0 Å². The third kappa shape index (κ3) is 7.65. The molecule has 0 bridgehead atoms. The van der Waals surface area contributed by atoms with Gasteiger partial charge in [0, 0.05) is 10.8 Å². The molecule has 0 amide bonds. The fraction of sp³-hybridized carbons (Fsp3) is 0.351. The minimum Gasteiger partial charge on any atom is -0.497 e. The molecule has 5 heteroatoms. The predicted octanol–water partition coefficient (Wildman–Crippen LogP) is 7.95. The van der Waals surface area contributed by atoms with Crippen molar-refractivity contribution in [1.29, 1.82) is 0 Å². The molecular weight excluding hydrogens is 524 g/mol. The van der Waals surface area contributed by atoms with E-state index in [1.807, 2.05) is 48.5 Å². The molecule has 4 aromatic carbocycles. The minimum absolute atomic E-state index is 0.143. The van der Waals surface area contributed by atoms with Crippen LogP contribution < -0.4 is 18.9 Å². The van der Waals surface area contributed by atoms with E-state index >= 15 is 0 Å². The van der Waals surface area contributed by atoms with Crippen LogP contribution in [0.4, 0.5) is 0 Å². The van der Waals surface area contributed by atoms with E-state index in [1.165, 1.54) is 22.3 Å². The van der Waals surface area contributed by atoms with Crippen molar-refractivity contribution in [3.05, 3.63) is 119 Å². The van der Waals surface area contributed by atoms with Gasteiger partial charge >= 0.3 is 0 Å². The Morgan fingerprint density at radius 3 is 1.14 bits per heavy atom. The third-order valence-corrected chi connectivity index (χ3v) is 7.90. The van der Waals surface area contributed by atoms with Gasteiger partial charge in [0.2, 0.25) is 0 Å². The number of hydrogen-bond donors (Lipinski definition) is 1. The van der Waals surface area contributed by atoms with Crippen LogP contribution in [0.15, 0.2) is 97.1 Å². The molecule has 0 radical (unpaired) electrons. The van der Waals surface area contributed by atoms with Gasteiger partial charge in [0.1, 0.15) is 42.3 Å². The van der Waals surface area contributed by atoms with Crippen molar-refractivity contribution in [2.45, 2.75) is 58.0 Å². The highest BCUT2D eigenvalue weighted by molar-refractivity contribution is 5.43. The zero-order valence-corrected chi connectivity index (χ0v) is 25.7. The van der Waals surface area contributed by atoms with E-state index in [1.54, 1.807) is 7.11 Å². The Balaban J connectivity index is 1.26. The second-order valence-electron chi connectivity index (χ2n) is 11.7. The maximum absolute atomic E-state index is 10.5. The first-order chi connectivity index (χ1) is 20.1. The molecule has 0 aliphatic rings. The second-order valence-corrected chi connectivity index (χ2v) is 11.7. The molecule has 4 aromatic rings. The van der Waals surface area contributed by atoms with Crippen molar-refractivity contribution in [3.63, 3.8) is 0 Å². The average Bonchev–Trinajstić information content (AvgIpc) is 3.02. The lowest BCUT2D eigenvalue weighted by atomic mass is 9.78. The highest BCUT2D eigenvalue weighted by Crippen LogP contribution is 2.34. The molecule has 42 heavy (non-hydrogen) atoms. The Labute approximate surface area is 251 Å². The highest BCUT2D eigenvalue weighted by atomic mass is 16.5. The number of ether oxygens (including phenoxy) is 4. The first-order valence-corrected chi connectivity index (χ1v) is 14.7. The number of benzene rings is 4. The van der Waals surface area contributed by atoms with Crippen LogP contribution in [-0.4, -0.2) is 38.1 Å². The zero-order valence-electron chi connectivity index (χ0n) is 25.7. The number of hydrogen-bond acceptors (Lipinski definition) is 5. The van der Waals surface area contributed by atoms with Gasteiger partial charge in [-0.2, -0.15) is 0 Å². The monoisotopic (exact) mass is 568 g/mol. The predicted molar refractivity (Wildman–Crippen MR) is 169 cm³/mol. The van der Waals surface area contributed by atoms with E-state index in [0.717, 1.165) is 24.5 Å². The van der Waals surface area contributed by atoms with Crippen molar-refractivity contribution in [1.82, 2.24) is 0 Å². The zero-order chi connectivity index (χ0) is 30.2. The summed E-state index contributed by atoms with van der Waals surface area (Å²) in [6, 6.07) is 32.6. The minimum atomic E-state index is -0.759. The largest absolute Gasteiger partial charge is 0.497 e. The molecule has 1 atom stereocenters. The molecule has 1 unspecified atom stereocenters. The summed E-state index contributed by atoms with van der Waals surface area (Å²) in [5.41, 5.74) is 4.43. The Morgan fingerprint density at radius 1 is 0.524 bits per heavy atom. The lowest BCUT2D eigenvalue weighted by Crippen LogP contribution is -2.25. The molecule has 5 nitrogen and oxygen atoms in total. The molecular formula is C37H44O5. The molecule has 222 valence electrons. The topological polar surface area (TPSA) is 57.2 Å². The number of aliphatic hydroxyl groups is 1. The lowest BCUT2D eigenvalue weighted by molar-refractivity contribution is 0.0626. The van der Waals surface area contributed by atoms with Gasteiger partial charge < -0.3 is 24.1 Å². The first-order valence-electron chi connectivity index (χ1n) is 14.7. The Hall–Kier alpha value is -3.96. The summed E-state index contributed by atoms with van der Waals surface area (Å²) in [5.74, 6) is 3.16. The molecule has 0 saturated carbocycles. The van der Waals surface area contributed by atoms with E-state index in [0.29, 0.717) is 11.5 Å². The standard InChI is InChI=1S/C37H44O5/c1-7-24-40-33-18-10-28(11-19-33)37(4,5)30-14-22-35(23-15-30)42-26-31(38)25-41-34-20-12-29(13-21-34)36(2,3)27-8-16-32(39-6)17-9-27/h8-23,31,38H,7,24-26H2,1-6H3. The van der Waals surface area contributed by atoms with Crippen LogP contribution in [0.3, 0.4) is 0 Å².